The monoisotopic (exact) mass is 392 g/mol. The molecule has 0 saturated carbocycles. The number of anilines is 2. The number of sulfonamides is 1. The molecule has 0 fully saturated rings. The fourth-order valence-electron chi connectivity index (χ4n) is 2.46. The minimum Gasteiger partial charge on any atom is -0.494 e. The van der Waals surface area contributed by atoms with Gasteiger partial charge in [0.1, 0.15) is 18.0 Å². The Morgan fingerprint density at radius 2 is 1.59 bits per heavy atom. The van der Waals surface area contributed by atoms with E-state index in [0.29, 0.717) is 36.1 Å². The molecule has 1 amide bonds. The second-order valence-corrected chi connectivity index (χ2v) is 7.62. The van der Waals surface area contributed by atoms with Gasteiger partial charge in [0.15, 0.2) is 0 Å². The van der Waals surface area contributed by atoms with Crippen LogP contribution in [0.3, 0.4) is 0 Å². The number of benzene rings is 2. The number of carbonyl (C=O) groups is 1. The van der Waals surface area contributed by atoms with E-state index >= 15 is 0 Å². The van der Waals surface area contributed by atoms with Crippen LogP contribution in [0.5, 0.6) is 11.5 Å². The molecule has 0 aromatic heterocycles. The fraction of sp³-hybridized carbons (Fsp3) is 0.316. The van der Waals surface area contributed by atoms with Gasteiger partial charge < -0.3 is 14.8 Å². The van der Waals surface area contributed by atoms with Crippen molar-refractivity contribution >= 4 is 27.3 Å². The van der Waals surface area contributed by atoms with Gasteiger partial charge in [-0.15, -0.1) is 0 Å². The van der Waals surface area contributed by atoms with Gasteiger partial charge >= 0.3 is 0 Å². The van der Waals surface area contributed by atoms with Crippen molar-refractivity contribution in [2.24, 2.45) is 0 Å². The van der Waals surface area contributed by atoms with Gasteiger partial charge in [-0.2, -0.15) is 0 Å². The summed E-state index contributed by atoms with van der Waals surface area (Å²) in [7, 11) is -3.66. The molecule has 0 aliphatic rings. The molecule has 0 heterocycles. The Morgan fingerprint density at radius 3 is 2.19 bits per heavy atom. The van der Waals surface area contributed by atoms with Crippen molar-refractivity contribution in [2.75, 3.05) is 35.6 Å². The smallest absolute Gasteiger partial charge is 0.245 e. The molecule has 2 rings (SSSR count). The van der Waals surface area contributed by atoms with Crippen molar-refractivity contribution < 1.29 is 22.7 Å². The van der Waals surface area contributed by atoms with Gasteiger partial charge in [0.25, 0.3) is 0 Å². The first-order chi connectivity index (χ1) is 12.8. The number of hydrogen-bond donors (Lipinski definition) is 1. The van der Waals surface area contributed by atoms with Crippen LogP contribution in [0.15, 0.2) is 48.5 Å². The lowest BCUT2D eigenvalue weighted by atomic mass is 10.3. The Kier molecular flexibility index (Phi) is 7.06. The summed E-state index contributed by atoms with van der Waals surface area (Å²) >= 11 is 0. The van der Waals surface area contributed by atoms with Gasteiger partial charge in [-0.25, -0.2) is 8.42 Å². The molecule has 0 radical (unpaired) electrons. The van der Waals surface area contributed by atoms with Gasteiger partial charge in [0.05, 0.1) is 25.2 Å². The summed E-state index contributed by atoms with van der Waals surface area (Å²) in [5, 5.41) is 2.70. The van der Waals surface area contributed by atoms with Crippen LogP contribution in [0.25, 0.3) is 0 Å². The lowest BCUT2D eigenvalue weighted by Crippen LogP contribution is -2.37. The summed E-state index contributed by atoms with van der Waals surface area (Å²) in [5.41, 5.74) is 0.893. The largest absolute Gasteiger partial charge is 0.494 e. The van der Waals surface area contributed by atoms with E-state index in [1.54, 1.807) is 48.5 Å². The first-order valence-electron chi connectivity index (χ1n) is 8.56. The lowest BCUT2D eigenvalue weighted by molar-refractivity contribution is -0.114. The number of hydrogen-bond acceptors (Lipinski definition) is 5. The van der Waals surface area contributed by atoms with Crippen molar-refractivity contribution in [1.29, 1.82) is 0 Å². The maximum Gasteiger partial charge on any atom is 0.245 e. The fourth-order valence-corrected chi connectivity index (χ4v) is 3.30. The number of carbonyl (C=O) groups excluding carboxylic acids is 1. The summed E-state index contributed by atoms with van der Waals surface area (Å²) in [6, 6.07) is 13.5. The molecule has 1 N–H and O–H groups in total. The van der Waals surface area contributed by atoms with Crippen LogP contribution in [0.2, 0.25) is 0 Å². The SMILES string of the molecule is CCOc1cccc(NC(=O)CN(c2cccc(OCC)c2)S(C)(=O)=O)c1. The van der Waals surface area contributed by atoms with Crippen LogP contribution < -0.4 is 19.1 Å². The molecule has 2 aromatic rings. The summed E-state index contributed by atoms with van der Waals surface area (Å²) in [6.07, 6.45) is 1.06. The van der Waals surface area contributed by atoms with E-state index in [0.717, 1.165) is 10.6 Å². The number of ether oxygens (including phenoxy) is 2. The van der Waals surface area contributed by atoms with E-state index in [4.69, 9.17) is 9.47 Å². The standard InChI is InChI=1S/C19H24N2O5S/c1-4-25-17-10-6-8-15(12-17)20-19(22)14-21(27(3,23)24)16-9-7-11-18(13-16)26-5-2/h6-13H,4-5,14H2,1-3H3,(H,20,22). The zero-order valence-electron chi connectivity index (χ0n) is 15.6. The quantitative estimate of drug-likeness (QED) is 0.709. The number of rotatable bonds is 9. The van der Waals surface area contributed by atoms with Crippen LogP contribution in [-0.4, -0.2) is 40.3 Å². The third-order valence-electron chi connectivity index (χ3n) is 3.53. The molecular formula is C19H24N2O5S. The van der Waals surface area contributed by atoms with Gasteiger partial charge in [-0.05, 0) is 38.1 Å². The zero-order chi connectivity index (χ0) is 19.9. The third-order valence-corrected chi connectivity index (χ3v) is 4.67. The van der Waals surface area contributed by atoms with Crippen LogP contribution in [-0.2, 0) is 14.8 Å². The zero-order valence-corrected chi connectivity index (χ0v) is 16.5. The first kappa shape index (κ1) is 20.6. The summed E-state index contributed by atoms with van der Waals surface area (Å²) < 4.78 is 36.3. The Hall–Kier alpha value is -2.74. The highest BCUT2D eigenvalue weighted by molar-refractivity contribution is 7.92. The highest BCUT2D eigenvalue weighted by Gasteiger charge is 2.21. The summed E-state index contributed by atoms with van der Waals surface area (Å²) in [4.78, 5) is 12.4. The molecule has 0 bridgehead atoms. The molecule has 146 valence electrons. The molecule has 27 heavy (non-hydrogen) atoms. The molecule has 0 aliphatic carbocycles. The number of nitrogens with zero attached hydrogens (tertiary/aromatic N) is 1. The predicted molar refractivity (Wildman–Crippen MR) is 106 cm³/mol. The summed E-state index contributed by atoms with van der Waals surface area (Å²) in [5.74, 6) is 0.698. The molecule has 0 spiro atoms. The maximum atomic E-state index is 12.4. The van der Waals surface area contributed by atoms with E-state index in [1.807, 2.05) is 13.8 Å². The van der Waals surface area contributed by atoms with Crippen molar-refractivity contribution in [3.8, 4) is 11.5 Å². The molecule has 0 unspecified atom stereocenters. The van der Waals surface area contributed by atoms with Crippen LogP contribution in [0.1, 0.15) is 13.8 Å². The number of amides is 1. The summed E-state index contributed by atoms with van der Waals surface area (Å²) in [6.45, 7) is 4.32. The van der Waals surface area contributed by atoms with E-state index in [1.165, 1.54) is 0 Å². The highest BCUT2D eigenvalue weighted by Crippen LogP contribution is 2.23. The Labute approximate surface area is 160 Å². The maximum absolute atomic E-state index is 12.4. The van der Waals surface area contributed by atoms with E-state index in [-0.39, 0.29) is 6.54 Å². The second-order valence-electron chi connectivity index (χ2n) is 5.71. The van der Waals surface area contributed by atoms with E-state index in [2.05, 4.69) is 5.32 Å². The average molecular weight is 392 g/mol. The molecule has 8 heteroatoms. The molecular weight excluding hydrogens is 368 g/mol. The van der Waals surface area contributed by atoms with E-state index < -0.39 is 15.9 Å². The molecule has 0 saturated heterocycles. The Morgan fingerprint density at radius 1 is 1.00 bits per heavy atom. The minimum absolute atomic E-state index is 0.354. The van der Waals surface area contributed by atoms with Crippen LogP contribution >= 0.6 is 0 Å². The van der Waals surface area contributed by atoms with Gasteiger partial charge in [0, 0.05) is 17.8 Å². The van der Waals surface area contributed by atoms with Gasteiger partial charge in [-0.1, -0.05) is 12.1 Å². The third kappa shape index (κ3) is 6.18. The molecule has 7 nitrogen and oxygen atoms in total. The van der Waals surface area contributed by atoms with Crippen molar-refractivity contribution in [3.63, 3.8) is 0 Å². The topological polar surface area (TPSA) is 84.9 Å². The lowest BCUT2D eigenvalue weighted by Gasteiger charge is -2.22. The van der Waals surface area contributed by atoms with Crippen LogP contribution in [0, 0.1) is 0 Å². The van der Waals surface area contributed by atoms with Crippen molar-refractivity contribution in [1.82, 2.24) is 0 Å². The predicted octanol–water partition coefficient (Wildman–Crippen LogP) is 2.89. The van der Waals surface area contributed by atoms with Gasteiger partial charge in [0.2, 0.25) is 15.9 Å². The first-order valence-corrected chi connectivity index (χ1v) is 10.4. The Bertz CT molecular complexity index is 883. The minimum atomic E-state index is -3.66. The highest BCUT2D eigenvalue weighted by atomic mass is 32.2. The molecule has 0 aliphatic heterocycles. The average Bonchev–Trinajstić information content (AvgIpc) is 2.60. The molecule has 2 aromatic carbocycles. The normalized spacial score (nSPS) is 10.9. The van der Waals surface area contributed by atoms with E-state index in [9.17, 15) is 13.2 Å². The molecule has 0 atom stereocenters. The van der Waals surface area contributed by atoms with Gasteiger partial charge in [-0.3, -0.25) is 9.10 Å². The van der Waals surface area contributed by atoms with Crippen molar-refractivity contribution in [3.05, 3.63) is 48.5 Å². The number of nitrogens with one attached hydrogen (secondary N) is 1. The second kappa shape index (κ2) is 9.27. The van der Waals surface area contributed by atoms with Crippen LogP contribution in [0.4, 0.5) is 11.4 Å². The van der Waals surface area contributed by atoms with Crippen molar-refractivity contribution in [2.45, 2.75) is 13.8 Å². The Balaban J connectivity index is 2.18.